The molecule has 0 saturated heterocycles. The maximum Gasteiger partial charge on any atom is 0.221 e. The Hall–Kier alpha value is -1.51. The largest absolute Gasteiger partial charge is 0.314 e. The topological polar surface area (TPSA) is 30.7 Å². The Balaban J connectivity index is 2.36. The zero-order valence-corrected chi connectivity index (χ0v) is 6.96. The highest BCUT2D eigenvalue weighted by Gasteiger charge is 2.00. The molecule has 0 fully saturated rings. The molecule has 0 N–H and O–H groups in total. The molecule has 59 valence electrons. The van der Waals surface area contributed by atoms with Crippen LogP contribution in [0.15, 0.2) is 36.5 Å². The van der Waals surface area contributed by atoms with E-state index in [2.05, 4.69) is 10.3 Å². The second kappa shape index (κ2) is 3.47. The molecule has 5 heteroatoms. The van der Waals surface area contributed by atoms with Crippen LogP contribution in [0.25, 0.3) is 11.3 Å². The van der Waals surface area contributed by atoms with Gasteiger partial charge in [0.15, 0.2) is 0 Å². The van der Waals surface area contributed by atoms with Gasteiger partial charge in [-0.3, -0.25) is 0 Å². The summed E-state index contributed by atoms with van der Waals surface area (Å²) in [5, 5.41) is 7.76. The van der Waals surface area contributed by atoms with E-state index in [1.165, 1.54) is 11.9 Å². The van der Waals surface area contributed by atoms with Gasteiger partial charge in [-0.25, -0.2) is 0 Å². The summed E-state index contributed by atoms with van der Waals surface area (Å²) in [5.41, 5.74) is 1.86. The van der Waals surface area contributed by atoms with Gasteiger partial charge in [-0.1, -0.05) is 35.5 Å². The highest BCUT2D eigenvalue weighted by atomic mass is 15.4. The third kappa shape index (κ3) is 1.64. The van der Waals surface area contributed by atoms with Crippen LogP contribution in [0.2, 0.25) is 0 Å². The van der Waals surface area contributed by atoms with Crippen LogP contribution in [0.4, 0.5) is 0 Å². The second-order valence-electron chi connectivity index (χ2n) is 2.60. The van der Waals surface area contributed by atoms with Gasteiger partial charge in [0.2, 0.25) is 7.31 Å². The molecule has 1 aromatic carbocycles. The molecule has 2 aromatic rings. The van der Waals surface area contributed by atoms with E-state index < -0.39 is 0 Å². The molecule has 0 aliphatic rings. The van der Waals surface area contributed by atoms with Gasteiger partial charge in [-0.15, -0.1) is 5.10 Å². The van der Waals surface area contributed by atoms with E-state index in [4.69, 9.17) is 7.74 Å². The molecule has 0 bridgehead atoms. The summed E-state index contributed by atoms with van der Waals surface area (Å²) in [6.45, 7) is 0. The maximum absolute atomic E-state index is 5.28. The average molecular weight is 166 g/mol. The molecule has 13 heavy (non-hydrogen) atoms. The first-order valence-corrected chi connectivity index (χ1v) is 3.92. The minimum atomic E-state index is 0.822. The summed E-state index contributed by atoms with van der Waals surface area (Å²) >= 11 is 0. The van der Waals surface area contributed by atoms with E-state index in [-0.39, 0.29) is 0 Å². The van der Waals surface area contributed by atoms with E-state index in [0.29, 0.717) is 0 Å². The lowest BCUT2D eigenvalue weighted by Gasteiger charge is -1.92. The number of benzene rings is 1. The molecule has 1 heterocycles. The first kappa shape index (κ1) is 8.10. The van der Waals surface area contributed by atoms with Gasteiger partial charge in [0.1, 0.15) is 5.69 Å². The van der Waals surface area contributed by atoms with E-state index in [9.17, 15) is 0 Å². The van der Waals surface area contributed by atoms with E-state index >= 15 is 0 Å². The number of aromatic nitrogens is 3. The van der Waals surface area contributed by atoms with Gasteiger partial charge in [-0.2, -0.15) is 0 Å². The van der Waals surface area contributed by atoms with Crippen molar-refractivity contribution >= 4 is 15.0 Å². The first-order valence-electron chi connectivity index (χ1n) is 3.92. The van der Waals surface area contributed by atoms with Crippen LogP contribution in [0.3, 0.4) is 0 Å². The van der Waals surface area contributed by atoms with Crippen LogP contribution in [0.5, 0.6) is 0 Å². The number of hydrogen-bond donors (Lipinski definition) is 0. The summed E-state index contributed by atoms with van der Waals surface area (Å²) in [6.07, 6.45) is 1.77. The van der Waals surface area contributed by atoms with Crippen molar-refractivity contribution in [2.75, 3.05) is 0 Å². The summed E-state index contributed by atoms with van der Waals surface area (Å²) in [6, 6.07) is 9.83. The minimum Gasteiger partial charge on any atom is -0.314 e. The highest BCUT2D eigenvalue weighted by Crippen LogP contribution is 2.13. The van der Waals surface area contributed by atoms with Crippen molar-refractivity contribution in [1.82, 2.24) is 14.9 Å². The third-order valence-electron chi connectivity index (χ3n) is 1.73. The molecule has 0 unspecified atom stereocenters. The fraction of sp³-hybridized carbons (Fsp3) is 0. The molecule has 0 aliphatic heterocycles. The Morgan fingerprint density at radius 1 is 1.23 bits per heavy atom. The van der Waals surface area contributed by atoms with E-state index in [1.807, 2.05) is 30.3 Å². The fourth-order valence-corrected chi connectivity index (χ4v) is 1.09. The zero-order valence-electron chi connectivity index (χ0n) is 6.96. The Morgan fingerprint density at radius 2 is 2.00 bits per heavy atom. The van der Waals surface area contributed by atoms with Gasteiger partial charge in [-0.05, 0) is 0 Å². The molecule has 1 aromatic heterocycles. The summed E-state index contributed by atoms with van der Waals surface area (Å²) in [4.78, 5) is 0. The smallest absolute Gasteiger partial charge is 0.221 e. The monoisotopic (exact) mass is 166 g/mol. The third-order valence-corrected chi connectivity index (χ3v) is 1.73. The SMILES string of the molecule is [B][B]n1cc(-c2ccccc2)nn1. The predicted molar refractivity (Wildman–Crippen MR) is 52.4 cm³/mol. The van der Waals surface area contributed by atoms with Crippen LogP contribution >= 0.6 is 0 Å². The van der Waals surface area contributed by atoms with Crippen LogP contribution < -0.4 is 0 Å². The molecule has 0 amide bonds. The van der Waals surface area contributed by atoms with Gasteiger partial charge in [0.25, 0.3) is 0 Å². The first-order chi connectivity index (χ1) is 6.40. The Morgan fingerprint density at radius 3 is 2.62 bits per heavy atom. The minimum absolute atomic E-state index is 0.822. The Bertz CT molecular complexity index is 385. The van der Waals surface area contributed by atoms with Crippen molar-refractivity contribution in [3.63, 3.8) is 0 Å². The zero-order chi connectivity index (χ0) is 9.10. The number of hydrogen-bond acceptors (Lipinski definition) is 2. The lowest BCUT2D eigenvalue weighted by Crippen LogP contribution is -2.05. The van der Waals surface area contributed by atoms with Crippen molar-refractivity contribution in [3.05, 3.63) is 36.5 Å². The number of nitrogens with zero attached hydrogens (tertiary/aromatic N) is 3. The maximum atomic E-state index is 5.28. The lowest BCUT2D eigenvalue weighted by atomic mass is 9.67. The molecule has 0 atom stereocenters. The molecule has 2 rings (SSSR count). The average Bonchev–Trinajstić information content (AvgIpc) is 2.67. The Kier molecular flexibility index (Phi) is 2.17. The van der Waals surface area contributed by atoms with Crippen molar-refractivity contribution < 1.29 is 0 Å². The predicted octanol–water partition coefficient (Wildman–Crippen LogP) is 0.496. The molecular formula is C8H6B2N3. The van der Waals surface area contributed by atoms with Gasteiger partial charge in [0.05, 0.1) is 0 Å². The quantitative estimate of drug-likeness (QED) is 0.607. The molecule has 3 radical (unpaired) electrons. The van der Waals surface area contributed by atoms with Crippen LogP contribution in [-0.4, -0.2) is 29.9 Å². The fourth-order valence-electron chi connectivity index (χ4n) is 1.09. The van der Waals surface area contributed by atoms with Crippen LogP contribution in [0, 0.1) is 0 Å². The van der Waals surface area contributed by atoms with Crippen molar-refractivity contribution in [2.24, 2.45) is 0 Å². The number of rotatable bonds is 2. The van der Waals surface area contributed by atoms with Crippen molar-refractivity contribution in [3.8, 4) is 11.3 Å². The molecule has 0 spiro atoms. The van der Waals surface area contributed by atoms with E-state index in [1.54, 1.807) is 6.20 Å². The molecule has 0 aliphatic carbocycles. The summed E-state index contributed by atoms with van der Waals surface area (Å²) < 4.78 is 1.47. The van der Waals surface area contributed by atoms with Crippen molar-refractivity contribution in [2.45, 2.75) is 0 Å². The van der Waals surface area contributed by atoms with Gasteiger partial charge < -0.3 is 4.59 Å². The molecule has 0 saturated carbocycles. The Labute approximate surface area is 78.4 Å². The summed E-state index contributed by atoms with van der Waals surface area (Å²) in [5.74, 6) is 0. The molecular weight excluding hydrogens is 160 g/mol. The van der Waals surface area contributed by atoms with Crippen LogP contribution in [-0.2, 0) is 0 Å². The van der Waals surface area contributed by atoms with Gasteiger partial charge >= 0.3 is 0 Å². The van der Waals surface area contributed by atoms with Crippen molar-refractivity contribution in [1.29, 1.82) is 0 Å². The van der Waals surface area contributed by atoms with E-state index in [0.717, 1.165) is 11.3 Å². The normalized spacial score (nSPS) is 9.85. The standard InChI is InChI=1S/C8H6B2N3/c9-10-13-6-8(11-12-13)7-4-2-1-3-5-7/h1-6H. The van der Waals surface area contributed by atoms with Crippen LogP contribution in [0.1, 0.15) is 0 Å². The molecule has 3 nitrogen and oxygen atoms in total. The van der Waals surface area contributed by atoms with Gasteiger partial charge in [0, 0.05) is 19.5 Å². The highest BCUT2D eigenvalue weighted by molar-refractivity contribution is 6.88. The summed E-state index contributed by atoms with van der Waals surface area (Å²) in [7, 11) is 6.64. The lowest BCUT2D eigenvalue weighted by molar-refractivity contribution is 0.876. The second-order valence-corrected chi connectivity index (χ2v) is 2.60.